The van der Waals surface area contributed by atoms with Crippen molar-refractivity contribution in [2.45, 2.75) is 0 Å². The van der Waals surface area contributed by atoms with Gasteiger partial charge in [-0.25, -0.2) is 4.98 Å². The van der Waals surface area contributed by atoms with Crippen molar-refractivity contribution in [3.05, 3.63) is 63.1 Å². The first-order valence-electron chi connectivity index (χ1n) is 9.90. The van der Waals surface area contributed by atoms with E-state index in [1.165, 1.54) is 11.8 Å². The third-order valence-corrected chi connectivity index (χ3v) is 6.53. The topological polar surface area (TPSA) is 79.7 Å². The smallest absolute Gasteiger partial charge is 0.286 e. The van der Waals surface area contributed by atoms with E-state index in [0.29, 0.717) is 39.0 Å². The molecule has 0 bridgehead atoms. The molecule has 2 aromatic carbocycles. The molecule has 1 saturated heterocycles. The molecule has 0 saturated carbocycles. The maximum Gasteiger partial charge on any atom is 0.286 e. The van der Waals surface area contributed by atoms with Crippen molar-refractivity contribution in [3.63, 3.8) is 0 Å². The number of carbonyl (C=O) groups is 1. The van der Waals surface area contributed by atoms with Crippen molar-refractivity contribution in [2.75, 3.05) is 36.5 Å². The van der Waals surface area contributed by atoms with Gasteiger partial charge in [-0.05, 0) is 47.7 Å². The normalized spacial score (nSPS) is 17.8. The zero-order chi connectivity index (χ0) is 22.1. The summed E-state index contributed by atoms with van der Waals surface area (Å²) in [4.78, 5) is 28.5. The Morgan fingerprint density at radius 2 is 1.88 bits per heavy atom. The van der Waals surface area contributed by atoms with E-state index >= 15 is 0 Å². The number of benzene rings is 2. The molecule has 1 amide bonds. The summed E-state index contributed by atoms with van der Waals surface area (Å²) in [5, 5.41) is 4.38. The molecular formula is C22H17Cl2N5O2S. The Labute approximate surface area is 198 Å². The molecule has 10 heteroatoms. The van der Waals surface area contributed by atoms with Gasteiger partial charge in [0.15, 0.2) is 5.17 Å². The molecule has 162 valence electrons. The number of fused-ring (bicyclic) bond motifs is 1. The minimum Gasteiger partial charge on any atom is -0.378 e. The van der Waals surface area contributed by atoms with E-state index in [1.807, 2.05) is 18.2 Å². The Morgan fingerprint density at radius 3 is 2.66 bits per heavy atom. The van der Waals surface area contributed by atoms with E-state index < -0.39 is 0 Å². The van der Waals surface area contributed by atoms with E-state index in [2.05, 4.69) is 20.2 Å². The van der Waals surface area contributed by atoms with Gasteiger partial charge < -0.3 is 15.0 Å². The minimum absolute atomic E-state index is 0.325. The zero-order valence-corrected chi connectivity index (χ0v) is 19.0. The monoisotopic (exact) mass is 485 g/mol. The average molecular weight is 486 g/mol. The summed E-state index contributed by atoms with van der Waals surface area (Å²) in [6.07, 6.45) is 3.58. The predicted octanol–water partition coefficient (Wildman–Crippen LogP) is 4.86. The van der Waals surface area contributed by atoms with Gasteiger partial charge in [0.2, 0.25) is 0 Å². The number of halogens is 2. The summed E-state index contributed by atoms with van der Waals surface area (Å²) in [5.41, 5.74) is 2.92. The highest BCUT2D eigenvalue weighted by molar-refractivity contribution is 8.18. The summed E-state index contributed by atoms with van der Waals surface area (Å²) in [5.74, 6) is 0.497. The Kier molecular flexibility index (Phi) is 6.01. The summed E-state index contributed by atoms with van der Waals surface area (Å²) < 4.78 is 5.41. The number of hydrogen-bond acceptors (Lipinski definition) is 7. The van der Waals surface area contributed by atoms with Crippen LogP contribution in [0.3, 0.4) is 0 Å². The number of morpholine rings is 1. The Bertz CT molecular complexity index is 1250. The van der Waals surface area contributed by atoms with Gasteiger partial charge in [0, 0.05) is 13.1 Å². The molecule has 0 spiro atoms. The molecule has 0 atom stereocenters. The van der Waals surface area contributed by atoms with Crippen molar-refractivity contribution < 1.29 is 9.53 Å². The highest BCUT2D eigenvalue weighted by Gasteiger charge is 2.23. The standard InChI is InChI=1S/C22H17Cl2N5O2S/c23-14-2-1-3-15(24)20(14)27-22-28-21(30)18(32-22)11-13-4-5-16-17(10-13)26-19(12-25-16)29-6-8-31-9-7-29/h1-5,10-12H,6-9H2,(H,27,28,30). The van der Waals surface area contributed by atoms with Crippen molar-refractivity contribution in [1.82, 2.24) is 9.97 Å². The second-order valence-electron chi connectivity index (χ2n) is 7.13. The average Bonchev–Trinajstić information content (AvgIpc) is 3.15. The van der Waals surface area contributed by atoms with Gasteiger partial charge in [-0.1, -0.05) is 35.3 Å². The van der Waals surface area contributed by atoms with E-state index in [0.717, 1.165) is 35.5 Å². The molecule has 1 N–H and O–H groups in total. The number of aromatic nitrogens is 2. The second kappa shape index (κ2) is 9.07. The third-order valence-electron chi connectivity index (χ3n) is 5.00. The van der Waals surface area contributed by atoms with E-state index in [-0.39, 0.29) is 5.91 Å². The van der Waals surface area contributed by atoms with Crippen LogP contribution in [0.4, 0.5) is 11.5 Å². The lowest BCUT2D eigenvalue weighted by Crippen LogP contribution is -2.36. The number of amides is 1. The number of amidine groups is 1. The summed E-state index contributed by atoms with van der Waals surface area (Å²) >= 11 is 13.6. The fraction of sp³-hybridized carbons (Fsp3) is 0.182. The Hall–Kier alpha value is -2.65. The summed E-state index contributed by atoms with van der Waals surface area (Å²) in [6, 6.07) is 10.9. The SMILES string of the molecule is O=C1N=C(Nc2c(Cl)cccc2Cl)SC1=Cc1ccc2ncc(N3CCOCC3)nc2c1. The number of ether oxygens (including phenoxy) is 1. The Balaban J connectivity index is 1.37. The van der Waals surface area contributed by atoms with Crippen LogP contribution in [0.15, 0.2) is 52.5 Å². The van der Waals surface area contributed by atoms with Gasteiger partial charge in [-0.3, -0.25) is 9.78 Å². The van der Waals surface area contributed by atoms with E-state index in [4.69, 9.17) is 32.9 Å². The van der Waals surface area contributed by atoms with Crippen LogP contribution < -0.4 is 10.2 Å². The first-order valence-corrected chi connectivity index (χ1v) is 11.5. The lowest BCUT2D eigenvalue weighted by molar-refractivity contribution is -0.113. The lowest BCUT2D eigenvalue weighted by atomic mass is 10.1. The van der Waals surface area contributed by atoms with E-state index in [9.17, 15) is 4.79 Å². The van der Waals surface area contributed by atoms with Crippen LogP contribution in [-0.2, 0) is 9.53 Å². The first-order chi connectivity index (χ1) is 15.6. The fourth-order valence-electron chi connectivity index (χ4n) is 3.39. The molecular weight excluding hydrogens is 469 g/mol. The second-order valence-corrected chi connectivity index (χ2v) is 8.98. The van der Waals surface area contributed by atoms with Crippen LogP contribution in [-0.4, -0.2) is 47.3 Å². The van der Waals surface area contributed by atoms with Gasteiger partial charge in [0.1, 0.15) is 5.82 Å². The Morgan fingerprint density at radius 1 is 1.09 bits per heavy atom. The number of para-hydroxylation sites is 1. The fourth-order valence-corrected chi connectivity index (χ4v) is 4.70. The number of hydrogen-bond donors (Lipinski definition) is 1. The van der Waals surface area contributed by atoms with Crippen molar-refractivity contribution in [3.8, 4) is 0 Å². The first kappa shape index (κ1) is 21.2. The molecule has 1 aromatic heterocycles. The molecule has 0 radical (unpaired) electrons. The maximum absolute atomic E-state index is 12.4. The largest absolute Gasteiger partial charge is 0.378 e. The van der Waals surface area contributed by atoms with Crippen LogP contribution in [0.2, 0.25) is 10.0 Å². The zero-order valence-electron chi connectivity index (χ0n) is 16.7. The number of carbonyl (C=O) groups excluding carboxylic acids is 1. The van der Waals surface area contributed by atoms with Crippen LogP contribution in [0.1, 0.15) is 5.56 Å². The number of aliphatic imine (C=N–C) groups is 1. The van der Waals surface area contributed by atoms with Crippen molar-refractivity contribution in [2.24, 2.45) is 4.99 Å². The molecule has 1 fully saturated rings. The molecule has 0 unspecified atom stereocenters. The molecule has 5 rings (SSSR count). The number of anilines is 2. The van der Waals surface area contributed by atoms with Gasteiger partial charge >= 0.3 is 0 Å². The number of rotatable bonds is 3. The lowest BCUT2D eigenvalue weighted by Gasteiger charge is -2.27. The number of nitrogens with zero attached hydrogens (tertiary/aromatic N) is 4. The summed E-state index contributed by atoms with van der Waals surface area (Å²) in [7, 11) is 0. The van der Waals surface area contributed by atoms with Crippen LogP contribution in [0.25, 0.3) is 17.1 Å². The summed E-state index contributed by atoms with van der Waals surface area (Å²) in [6.45, 7) is 2.94. The van der Waals surface area contributed by atoms with Crippen LogP contribution >= 0.6 is 35.0 Å². The quantitative estimate of drug-likeness (QED) is 0.530. The third kappa shape index (κ3) is 4.45. The molecule has 0 aliphatic carbocycles. The van der Waals surface area contributed by atoms with Gasteiger partial charge in [0.25, 0.3) is 5.91 Å². The van der Waals surface area contributed by atoms with Crippen LogP contribution in [0, 0.1) is 0 Å². The molecule has 2 aliphatic rings. The van der Waals surface area contributed by atoms with Crippen molar-refractivity contribution in [1.29, 1.82) is 0 Å². The number of nitrogens with one attached hydrogen (secondary N) is 1. The van der Waals surface area contributed by atoms with Gasteiger partial charge in [-0.2, -0.15) is 4.99 Å². The van der Waals surface area contributed by atoms with E-state index in [1.54, 1.807) is 30.5 Å². The van der Waals surface area contributed by atoms with Gasteiger partial charge in [-0.15, -0.1) is 0 Å². The maximum atomic E-state index is 12.4. The molecule has 32 heavy (non-hydrogen) atoms. The predicted molar refractivity (Wildman–Crippen MR) is 131 cm³/mol. The molecule has 2 aliphatic heterocycles. The molecule has 3 heterocycles. The van der Waals surface area contributed by atoms with Crippen LogP contribution in [0.5, 0.6) is 0 Å². The minimum atomic E-state index is -0.325. The van der Waals surface area contributed by atoms with Crippen molar-refractivity contribution >= 4 is 74.7 Å². The highest BCUT2D eigenvalue weighted by atomic mass is 35.5. The molecule has 3 aromatic rings. The highest BCUT2D eigenvalue weighted by Crippen LogP contribution is 2.34. The molecule has 7 nitrogen and oxygen atoms in total. The van der Waals surface area contributed by atoms with Gasteiger partial charge in [0.05, 0.1) is 51.1 Å². The number of thioether (sulfide) groups is 1.